The fourth-order valence-electron chi connectivity index (χ4n) is 17.4. The monoisotopic (exact) mass is 1770 g/mol. The second-order valence-corrected chi connectivity index (χ2v) is 36.6. The maximum atomic E-state index is 14.9. The Morgan fingerprint density at radius 2 is 0.356 bits per heavy atom. The van der Waals surface area contributed by atoms with Crippen LogP contribution in [0.3, 0.4) is 0 Å². The highest BCUT2D eigenvalue weighted by atomic mass is 16.5. The molecule has 700 valence electrons. The van der Waals surface area contributed by atoms with Crippen LogP contribution in [0.15, 0.2) is 170 Å². The van der Waals surface area contributed by atoms with Crippen molar-refractivity contribution in [2.45, 2.75) is 361 Å². The summed E-state index contributed by atoms with van der Waals surface area (Å²) in [4.78, 5) is 0. The van der Waals surface area contributed by atoms with Crippen LogP contribution in [0.1, 0.15) is 417 Å². The Hall–Kier alpha value is -10.4. The number of hydrogen-bond acceptors (Lipinski definition) is 8. The van der Waals surface area contributed by atoms with Gasteiger partial charge in [-0.2, -0.15) is 0 Å². The molecule has 1 aliphatic rings. The van der Waals surface area contributed by atoms with Crippen molar-refractivity contribution in [3.05, 3.63) is 237 Å². The Morgan fingerprint density at radius 3 is 0.553 bits per heavy atom. The minimum absolute atomic E-state index is 0.303. The molecule has 9 aromatic rings. The fraction of sp³-hybridized carbons (Fsp3) is 0.500. The van der Waals surface area contributed by atoms with Crippen LogP contribution in [0.25, 0.3) is 21.5 Å². The van der Waals surface area contributed by atoms with Gasteiger partial charge in [-0.25, -0.2) is 0 Å². The smallest absolute Gasteiger partial charge is 0.197 e. The van der Waals surface area contributed by atoms with E-state index in [1.807, 2.05) is 158 Å². The summed E-state index contributed by atoms with van der Waals surface area (Å²) < 4.78 is 38.1. The molecule has 0 radical (unpaired) electrons. The van der Waals surface area contributed by atoms with E-state index in [1.165, 1.54) is 231 Å². The van der Waals surface area contributed by atoms with Crippen LogP contribution in [0.5, 0.6) is 34.5 Å². The van der Waals surface area contributed by atoms with Crippen molar-refractivity contribution in [1.29, 1.82) is 0 Å². The van der Waals surface area contributed by atoms with E-state index >= 15 is 0 Å². The van der Waals surface area contributed by atoms with E-state index in [2.05, 4.69) is 125 Å². The molecule has 1 aliphatic carbocycles. The average Bonchev–Trinajstić information content (AvgIpc) is 0.677. The lowest BCUT2D eigenvalue weighted by atomic mass is 9.65. The summed E-state index contributed by atoms with van der Waals surface area (Å²) in [6.45, 7) is 17.4. The van der Waals surface area contributed by atoms with Crippen molar-refractivity contribution < 1.29 is 38.6 Å². The van der Waals surface area contributed by atoms with Gasteiger partial charge in [0.25, 0.3) is 0 Å². The molecule has 0 spiro atoms. The Kier molecular flexibility index (Phi) is 48.2. The molecule has 0 saturated heterocycles. The van der Waals surface area contributed by atoms with Crippen LogP contribution in [-0.4, -0.2) is 49.9 Å². The van der Waals surface area contributed by atoms with E-state index in [1.54, 1.807) is 0 Å². The first kappa shape index (κ1) is 104. The van der Waals surface area contributed by atoms with Gasteiger partial charge in [-0.15, -0.1) is 0 Å². The quantitative estimate of drug-likeness (QED) is 0.0221. The van der Waals surface area contributed by atoms with Crippen LogP contribution in [0, 0.1) is 71.0 Å². The maximum absolute atomic E-state index is 14.9. The molecule has 0 heterocycles. The standard InChI is InChI=1S/C124H156O8/c1-7-13-19-25-31-37-43-49-91-127-109-73-59-101(60-74-109)55-57-107-97-117-115(85-71-103-63-77-111(78-64-103)129-93-51-45-39-33-27-21-15-9-3)116(86-72-104-65-79-112(80-66-104)130-94-52-46-40-34-28-22-16-10-4)118-98-108(58-56-102-61-75-110(76-62-102)128-92-50-44-38-32-26-20-14-8-2)100-120-122(118)121(117)119(99-107)123(125,89-87-105-67-81-113(82-68-105)131-95-53-47-41-35-29-23-17-11-5)124(120,126)90-88-106-69-83-114(84-70-106)132-96-54-48-42-36-30-24-18-12-6/h59-70,73-84,97-100,125-126H,7-54,91-96H2,1-6H3. The molecule has 132 heavy (non-hydrogen) atoms. The normalized spacial score (nSPS) is 13.4. The first-order valence-electron chi connectivity index (χ1n) is 52.1. The number of ether oxygens (including phenoxy) is 6. The van der Waals surface area contributed by atoms with Gasteiger partial charge in [0.1, 0.15) is 34.5 Å². The van der Waals surface area contributed by atoms with Crippen LogP contribution < -0.4 is 28.4 Å². The molecular formula is C124H156O8. The third-order valence-electron chi connectivity index (χ3n) is 25.5. The van der Waals surface area contributed by atoms with Crippen LogP contribution in [0.2, 0.25) is 0 Å². The maximum Gasteiger partial charge on any atom is 0.197 e. The van der Waals surface area contributed by atoms with Crippen molar-refractivity contribution in [3.8, 4) is 106 Å². The summed E-state index contributed by atoms with van der Waals surface area (Å²) >= 11 is 0. The molecule has 0 amide bonds. The number of unbranched alkanes of at least 4 members (excludes halogenated alkanes) is 42. The molecule has 8 nitrogen and oxygen atoms in total. The van der Waals surface area contributed by atoms with Gasteiger partial charge in [0, 0.05) is 77.5 Å². The highest BCUT2D eigenvalue weighted by Crippen LogP contribution is 2.54. The average molecular weight is 1770 g/mol. The van der Waals surface area contributed by atoms with Gasteiger partial charge < -0.3 is 38.6 Å². The first-order chi connectivity index (χ1) is 65.0. The van der Waals surface area contributed by atoms with Crippen molar-refractivity contribution in [2.75, 3.05) is 39.6 Å². The Bertz CT molecular complexity index is 4890. The summed E-state index contributed by atoms with van der Waals surface area (Å²) in [6, 6.07) is 55.4. The van der Waals surface area contributed by atoms with Crippen LogP contribution in [-0.2, 0) is 11.2 Å². The predicted molar refractivity (Wildman–Crippen MR) is 554 cm³/mol. The van der Waals surface area contributed by atoms with Gasteiger partial charge >= 0.3 is 0 Å². The van der Waals surface area contributed by atoms with E-state index in [0.717, 1.165) is 134 Å². The summed E-state index contributed by atoms with van der Waals surface area (Å²) in [7, 11) is 0. The summed E-state index contributed by atoms with van der Waals surface area (Å²) in [5, 5.41) is 32.4. The molecule has 8 heteroatoms. The summed E-state index contributed by atoms with van der Waals surface area (Å²) in [5.41, 5.74) is 2.12. The summed E-state index contributed by atoms with van der Waals surface area (Å²) in [5.74, 6) is 47.3. The molecule has 2 atom stereocenters. The van der Waals surface area contributed by atoms with Crippen molar-refractivity contribution >= 4 is 21.5 Å². The molecule has 0 aromatic heterocycles. The van der Waals surface area contributed by atoms with E-state index in [4.69, 9.17) is 28.4 Å². The third-order valence-corrected chi connectivity index (χ3v) is 25.5. The second-order valence-electron chi connectivity index (χ2n) is 36.6. The SMILES string of the molecule is CCCCCCCCCCOc1ccc(C#Cc2cc3c4c(c2)c(C#Cc2ccc(OCCCCCCCCCC)cc2)c(C#Cc2ccc(OCCCCCCCCCC)cc2)c2cc(C#Cc5ccc(OCCCCCCCCCC)cc5)cc(c24)C(O)(C#Cc2ccc(OCCCCCCCCCC)cc2)C3(O)C#Cc2ccc(OCCCCCCCCCC)cc2)cc1. The lowest BCUT2D eigenvalue weighted by Crippen LogP contribution is -2.50. The number of aliphatic hydroxyl groups is 2. The van der Waals surface area contributed by atoms with Gasteiger partial charge in [0.05, 0.1) is 39.6 Å². The van der Waals surface area contributed by atoms with Gasteiger partial charge in [-0.05, 0) is 219 Å². The zero-order valence-electron chi connectivity index (χ0n) is 81.7. The highest BCUT2D eigenvalue weighted by molar-refractivity contribution is 6.18. The number of benzene rings is 9. The van der Waals surface area contributed by atoms with E-state index < -0.39 is 11.2 Å². The fourth-order valence-corrected chi connectivity index (χ4v) is 17.4. The zero-order chi connectivity index (χ0) is 92.4. The van der Waals surface area contributed by atoms with Gasteiger partial charge in [0.2, 0.25) is 0 Å². The largest absolute Gasteiger partial charge is 0.494 e. The Balaban J connectivity index is 1.15. The van der Waals surface area contributed by atoms with Gasteiger partial charge in [0.15, 0.2) is 11.2 Å². The lowest BCUT2D eigenvalue weighted by Gasteiger charge is -2.42. The minimum atomic E-state index is -2.51. The minimum Gasteiger partial charge on any atom is -0.494 e. The number of hydrogen-bond donors (Lipinski definition) is 2. The van der Waals surface area contributed by atoms with Gasteiger partial charge in [-0.3, -0.25) is 0 Å². The molecule has 2 N–H and O–H groups in total. The highest BCUT2D eigenvalue weighted by Gasteiger charge is 2.55. The molecule has 0 fully saturated rings. The van der Waals surface area contributed by atoms with E-state index in [9.17, 15) is 10.2 Å². The zero-order valence-corrected chi connectivity index (χ0v) is 81.7. The Morgan fingerprint density at radius 1 is 0.189 bits per heavy atom. The lowest BCUT2D eigenvalue weighted by molar-refractivity contribution is -0.0884. The molecule has 0 aliphatic heterocycles. The Labute approximate surface area is 797 Å². The van der Waals surface area contributed by atoms with Crippen molar-refractivity contribution in [3.63, 3.8) is 0 Å². The molecule has 2 unspecified atom stereocenters. The molecule has 0 saturated carbocycles. The second kappa shape index (κ2) is 61.4. The predicted octanol–water partition coefficient (Wildman–Crippen LogP) is 32.2. The van der Waals surface area contributed by atoms with E-state index in [-0.39, 0.29) is 0 Å². The first-order valence-corrected chi connectivity index (χ1v) is 52.1. The van der Waals surface area contributed by atoms with Crippen LogP contribution in [0.4, 0.5) is 0 Å². The van der Waals surface area contributed by atoms with E-state index in [0.29, 0.717) is 106 Å². The molecular weight excluding hydrogens is 1620 g/mol. The van der Waals surface area contributed by atoms with Crippen molar-refractivity contribution in [1.82, 2.24) is 0 Å². The third kappa shape index (κ3) is 35.8. The summed E-state index contributed by atoms with van der Waals surface area (Å²) in [6.07, 6.45) is 58.4. The molecule has 10 rings (SSSR count). The van der Waals surface area contributed by atoms with Crippen molar-refractivity contribution in [2.24, 2.45) is 0 Å². The van der Waals surface area contributed by atoms with Gasteiger partial charge in [-0.1, -0.05) is 382 Å². The topological polar surface area (TPSA) is 95.8 Å². The number of rotatable bonds is 60. The van der Waals surface area contributed by atoms with Crippen LogP contribution >= 0.6 is 0 Å². The molecule has 0 bridgehead atoms. The molecule has 9 aromatic carbocycles.